The Kier molecular flexibility index (Phi) is 6.40. The fourth-order valence-corrected chi connectivity index (χ4v) is 4.33. The summed E-state index contributed by atoms with van der Waals surface area (Å²) in [5, 5.41) is 10.4. The lowest BCUT2D eigenvalue weighted by Crippen LogP contribution is -2.41. The fraction of sp³-hybridized carbons (Fsp3) is 0.350. The van der Waals surface area contributed by atoms with Crippen molar-refractivity contribution >= 4 is 29.3 Å². The highest BCUT2D eigenvalue weighted by molar-refractivity contribution is 8.00. The van der Waals surface area contributed by atoms with E-state index in [0.29, 0.717) is 36.7 Å². The maximum atomic E-state index is 12.5. The summed E-state index contributed by atoms with van der Waals surface area (Å²) in [6, 6.07) is 18.0. The maximum absolute atomic E-state index is 12.5. The fourth-order valence-electron chi connectivity index (χ4n) is 3.01. The number of likely N-dealkylation sites (tertiary alicyclic amines) is 1. The lowest BCUT2D eigenvalue weighted by molar-refractivity contribution is -0.130. The minimum atomic E-state index is -0.261. The summed E-state index contributed by atoms with van der Waals surface area (Å²) >= 11 is 7.65. The predicted molar refractivity (Wildman–Crippen MR) is 104 cm³/mol. The zero-order chi connectivity index (χ0) is 17.6. The second-order valence-electron chi connectivity index (χ2n) is 6.27. The van der Waals surface area contributed by atoms with Crippen LogP contribution in [0.2, 0.25) is 5.02 Å². The molecule has 0 bridgehead atoms. The van der Waals surface area contributed by atoms with Crippen LogP contribution in [0.3, 0.4) is 0 Å². The van der Waals surface area contributed by atoms with Gasteiger partial charge in [0.1, 0.15) is 0 Å². The van der Waals surface area contributed by atoms with Crippen LogP contribution in [-0.2, 0) is 4.79 Å². The third-order valence-corrected chi connectivity index (χ3v) is 6.01. The minimum Gasteiger partial charge on any atom is -0.393 e. The van der Waals surface area contributed by atoms with Crippen LogP contribution in [-0.4, -0.2) is 40.9 Å². The number of thioether (sulfide) groups is 1. The van der Waals surface area contributed by atoms with Crippen molar-refractivity contribution in [3.8, 4) is 0 Å². The first kappa shape index (κ1) is 18.3. The number of aliphatic hydroxyl groups is 1. The number of halogens is 1. The van der Waals surface area contributed by atoms with E-state index in [1.54, 1.807) is 11.8 Å². The molecule has 0 radical (unpaired) electrons. The number of carbonyl (C=O) groups is 1. The van der Waals surface area contributed by atoms with E-state index in [-0.39, 0.29) is 17.3 Å². The molecule has 1 aliphatic rings. The Morgan fingerprint density at radius 1 is 1.08 bits per heavy atom. The normalized spacial score (nSPS) is 16.6. The molecule has 1 saturated heterocycles. The molecule has 1 aliphatic heterocycles. The van der Waals surface area contributed by atoms with Crippen LogP contribution in [0.4, 0.5) is 0 Å². The number of benzene rings is 2. The summed E-state index contributed by atoms with van der Waals surface area (Å²) in [6.07, 6.45) is 1.09. The molecule has 2 aromatic carbocycles. The first-order chi connectivity index (χ1) is 12.1. The molecular weight excluding hydrogens is 354 g/mol. The van der Waals surface area contributed by atoms with E-state index in [9.17, 15) is 9.90 Å². The number of rotatable bonds is 5. The topological polar surface area (TPSA) is 40.5 Å². The Labute approximate surface area is 158 Å². The molecular formula is C20H22ClNO2S. The number of hydrogen-bond donors (Lipinski definition) is 1. The zero-order valence-corrected chi connectivity index (χ0v) is 15.5. The predicted octanol–water partition coefficient (Wildman–Crippen LogP) is 4.15. The number of hydrogen-bond acceptors (Lipinski definition) is 3. The van der Waals surface area contributed by atoms with Gasteiger partial charge in [0.05, 0.1) is 17.1 Å². The Bertz CT molecular complexity index is 685. The van der Waals surface area contributed by atoms with Gasteiger partial charge >= 0.3 is 0 Å². The minimum absolute atomic E-state index is 0.0952. The molecule has 3 nitrogen and oxygen atoms in total. The van der Waals surface area contributed by atoms with Crippen molar-refractivity contribution in [1.82, 2.24) is 4.90 Å². The van der Waals surface area contributed by atoms with Gasteiger partial charge in [-0.1, -0.05) is 54.1 Å². The molecule has 1 atom stereocenters. The van der Waals surface area contributed by atoms with Crippen molar-refractivity contribution in [2.45, 2.75) is 24.2 Å². The van der Waals surface area contributed by atoms with E-state index < -0.39 is 0 Å². The highest BCUT2D eigenvalue weighted by Crippen LogP contribution is 2.36. The van der Waals surface area contributed by atoms with Crippen molar-refractivity contribution in [2.75, 3.05) is 18.8 Å². The number of aliphatic hydroxyl groups excluding tert-OH is 1. The van der Waals surface area contributed by atoms with E-state index in [4.69, 9.17) is 11.6 Å². The number of amides is 1. The monoisotopic (exact) mass is 375 g/mol. The summed E-state index contributed by atoms with van der Waals surface area (Å²) in [5.41, 5.74) is 2.32. The highest BCUT2D eigenvalue weighted by atomic mass is 35.5. The molecule has 3 rings (SSSR count). The molecule has 5 heteroatoms. The molecule has 0 saturated carbocycles. The van der Waals surface area contributed by atoms with Gasteiger partial charge in [0.15, 0.2) is 0 Å². The smallest absolute Gasteiger partial charge is 0.232 e. The molecule has 2 aromatic rings. The third-order valence-electron chi connectivity index (χ3n) is 4.47. The number of piperidine rings is 1. The lowest BCUT2D eigenvalue weighted by Gasteiger charge is -2.30. The Balaban J connectivity index is 1.70. The van der Waals surface area contributed by atoms with E-state index >= 15 is 0 Å². The molecule has 1 heterocycles. The molecule has 0 aliphatic carbocycles. The molecule has 132 valence electrons. The van der Waals surface area contributed by atoms with Crippen LogP contribution in [0.1, 0.15) is 29.2 Å². The van der Waals surface area contributed by atoms with E-state index in [1.807, 2.05) is 47.4 Å². The molecule has 1 amide bonds. The van der Waals surface area contributed by atoms with Crippen molar-refractivity contribution in [3.63, 3.8) is 0 Å². The number of carbonyl (C=O) groups excluding carboxylic acids is 1. The van der Waals surface area contributed by atoms with Crippen molar-refractivity contribution in [1.29, 1.82) is 0 Å². The Morgan fingerprint density at radius 2 is 1.68 bits per heavy atom. The first-order valence-corrected chi connectivity index (χ1v) is 9.94. The highest BCUT2D eigenvalue weighted by Gasteiger charge is 2.23. The van der Waals surface area contributed by atoms with Crippen LogP contribution in [0.25, 0.3) is 0 Å². The summed E-state index contributed by atoms with van der Waals surface area (Å²) in [6.45, 7) is 1.30. The second-order valence-corrected chi connectivity index (χ2v) is 7.80. The third kappa shape index (κ3) is 5.00. The SMILES string of the molecule is O=C(CSC(c1ccccc1)c1ccc(Cl)cc1)N1CCC(O)CC1. The average molecular weight is 376 g/mol. The van der Waals surface area contributed by atoms with Gasteiger partial charge in [-0.3, -0.25) is 4.79 Å². The van der Waals surface area contributed by atoms with Crippen LogP contribution >= 0.6 is 23.4 Å². The van der Waals surface area contributed by atoms with Gasteiger partial charge < -0.3 is 10.0 Å². The standard InChI is InChI=1S/C20H22ClNO2S/c21-17-8-6-16(7-9-17)20(15-4-2-1-3-5-15)25-14-19(24)22-12-10-18(23)11-13-22/h1-9,18,20,23H,10-14H2. The van der Waals surface area contributed by atoms with Gasteiger partial charge in [-0.05, 0) is 36.1 Å². The molecule has 0 spiro atoms. The average Bonchev–Trinajstić information content (AvgIpc) is 2.64. The Morgan fingerprint density at radius 3 is 2.32 bits per heavy atom. The van der Waals surface area contributed by atoms with Crippen LogP contribution < -0.4 is 0 Å². The first-order valence-electron chi connectivity index (χ1n) is 8.51. The number of nitrogens with zero attached hydrogens (tertiary/aromatic N) is 1. The largest absolute Gasteiger partial charge is 0.393 e. The van der Waals surface area contributed by atoms with Crippen molar-refractivity contribution in [3.05, 3.63) is 70.7 Å². The summed E-state index contributed by atoms with van der Waals surface area (Å²) in [5.74, 6) is 0.574. The van der Waals surface area contributed by atoms with Crippen LogP contribution in [0.5, 0.6) is 0 Å². The van der Waals surface area contributed by atoms with Gasteiger partial charge in [-0.2, -0.15) is 0 Å². The van der Waals surface area contributed by atoms with Crippen molar-refractivity contribution in [2.24, 2.45) is 0 Å². The van der Waals surface area contributed by atoms with Crippen molar-refractivity contribution < 1.29 is 9.90 Å². The summed E-state index contributed by atoms with van der Waals surface area (Å²) in [7, 11) is 0. The van der Waals surface area contributed by atoms with E-state index in [0.717, 1.165) is 5.56 Å². The summed E-state index contributed by atoms with van der Waals surface area (Å²) in [4.78, 5) is 14.4. The van der Waals surface area contributed by atoms with Gasteiger partial charge in [-0.15, -0.1) is 11.8 Å². The zero-order valence-electron chi connectivity index (χ0n) is 14.0. The molecule has 1 N–H and O–H groups in total. The van der Waals surface area contributed by atoms with Gasteiger partial charge in [-0.25, -0.2) is 0 Å². The molecule has 1 fully saturated rings. The van der Waals surface area contributed by atoms with Crippen LogP contribution in [0, 0.1) is 0 Å². The summed E-state index contributed by atoms with van der Waals surface area (Å²) < 4.78 is 0. The van der Waals surface area contributed by atoms with Gasteiger partial charge in [0, 0.05) is 18.1 Å². The quantitative estimate of drug-likeness (QED) is 0.853. The Hall–Kier alpha value is -1.49. The second kappa shape index (κ2) is 8.75. The van der Waals surface area contributed by atoms with E-state index in [1.165, 1.54) is 5.56 Å². The maximum Gasteiger partial charge on any atom is 0.232 e. The van der Waals surface area contributed by atoms with E-state index in [2.05, 4.69) is 12.1 Å². The molecule has 25 heavy (non-hydrogen) atoms. The van der Waals surface area contributed by atoms with Gasteiger partial charge in [0.25, 0.3) is 0 Å². The van der Waals surface area contributed by atoms with Crippen LogP contribution in [0.15, 0.2) is 54.6 Å². The van der Waals surface area contributed by atoms with Gasteiger partial charge in [0.2, 0.25) is 5.91 Å². The molecule has 1 unspecified atom stereocenters. The molecule has 0 aromatic heterocycles. The lowest BCUT2D eigenvalue weighted by atomic mass is 10.0.